The van der Waals surface area contributed by atoms with E-state index in [0.717, 1.165) is 69.3 Å². The van der Waals surface area contributed by atoms with Gasteiger partial charge in [0.15, 0.2) is 5.82 Å². The van der Waals surface area contributed by atoms with E-state index in [2.05, 4.69) is 36.1 Å². The van der Waals surface area contributed by atoms with Gasteiger partial charge < -0.3 is 15.6 Å². The summed E-state index contributed by atoms with van der Waals surface area (Å²) in [5, 5.41) is 8.48. The predicted molar refractivity (Wildman–Crippen MR) is 156 cm³/mol. The molecule has 40 heavy (non-hydrogen) atoms. The number of aromatic amines is 2. The van der Waals surface area contributed by atoms with Crippen molar-refractivity contribution >= 4 is 27.6 Å². The molecule has 4 N–H and O–H groups in total. The zero-order valence-corrected chi connectivity index (χ0v) is 22.0. The normalized spacial score (nSPS) is 14.0. The Morgan fingerprint density at radius 2 is 1.85 bits per heavy atom. The van der Waals surface area contributed by atoms with E-state index in [1.54, 1.807) is 30.7 Å². The summed E-state index contributed by atoms with van der Waals surface area (Å²) in [5.41, 5.74) is 13.9. The van der Waals surface area contributed by atoms with Crippen LogP contribution in [0, 0.1) is 5.82 Å². The van der Waals surface area contributed by atoms with Crippen molar-refractivity contribution in [3.8, 4) is 33.9 Å². The Labute approximate surface area is 230 Å². The van der Waals surface area contributed by atoms with Gasteiger partial charge in [-0.1, -0.05) is 18.2 Å². The van der Waals surface area contributed by atoms with E-state index in [-0.39, 0.29) is 5.82 Å². The molecule has 1 aliphatic heterocycles. The molecule has 0 spiro atoms. The molecule has 1 fully saturated rings. The van der Waals surface area contributed by atoms with Crippen molar-refractivity contribution in [2.24, 2.45) is 0 Å². The lowest BCUT2D eigenvalue weighted by Gasteiger charge is -2.14. The number of nitrogens with two attached hydrogens (primary N) is 1. The number of likely N-dealkylation sites (tertiary alicyclic amines) is 1. The first kappa shape index (κ1) is 24.4. The number of nitrogens with zero attached hydrogens (tertiary/aromatic N) is 5. The number of fused-ring (bicyclic) bond motifs is 2. The predicted octanol–water partition coefficient (Wildman–Crippen LogP) is 5.98. The fourth-order valence-corrected chi connectivity index (χ4v) is 5.69. The van der Waals surface area contributed by atoms with E-state index in [1.807, 2.05) is 30.3 Å². The maximum atomic E-state index is 14.8. The first-order valence-corrected chi connectivity index (χ1v) is 13.7. The summed E-state index contributed by atoms with van der Waals surface area (Å²) in [6.07, 6.45) is 9.52. The Hall–Kier alpha value is -4.63. The number of para-hydroxylation sites is 1. The smallest absolute Gasteiger partial charge is 0.159 e. The van der Waals surface area contributed by atoms with Gasteiger partial charge in [0.05, 0.1) is 34.1 Å². The number of nitrogens with one attached hydrogen (secondary N) is 2. The minimum atomic E-state index is -0.226. The number of anilines is 1. The molecule has 0 saturated carbocycles. The van der Waals surface area contributed by atoms with Crippen LogP contribution in [0.5, 0.6) is 0 Å². The molecule has 9 heteroatoms. The Kier molecular flexibility index (Phi) is 6.20. The topological polar surface area (TPSA) is 112 Å². The van der Waals surface area contributed by atoms with Gasteiger partial charge in [0.25, 0.3) is 0 Å². The second-order valence-corrected chi connectivity index (χ2v) is 10.5. The van der Waals surface area contributed by atoms with Crippen LogP contribution in [0.4, 0.5) is 10.1 Å². The fraction of sp³-hybridized carbons (Fsp3) is 0.226. The number of aromatic nitrogens is 6. The summed E-state index contributed by atoms with van der Waals surface area (Å²) < 4.78 is 14.8. The average molecular weight is 533 g/mol. The number of halogens is 1. The highest BCUT2D eigenvalue weighted by Gasteiger charge is 2.17. The molecule has 0 amide bonds. The molecule has 0 unspecified atom stereocenters. The monoisotopic (exact) mass is 532 g/mol. The maximum Gasteiger partial charge on any atom is 0.159 e. The number of benzene rings is 2. The Morgan fingerprint density at radius 1 is 0.950 bits per heavy atom. The minimum absolute atomic E-state index is 0.226. The third kappa shape index (κ3) is 4.69. The van der Waals surface area contributed by atoms with Gasteiger partial charge in [0.2, 0.25) is 0 Å². The SMILES string of the molecule is Nc1cncc(-c2cc3c(-c4nc5c(-c6cc(F)cc(CCCN7CCCC7)c6)cccc5[nH]4)n[nH]c3cn2)c1. The molecule has 5 heterocycles. The number of nitrogen functional groups attached to an aromatic ring is 1. The number of pyridine rings is 2. The van der Waals surface area contributed by atoms with Crippen LogP contribution in [0.1, 0.15) is 24.8 Å². The molecule has 4 aromatic heterocycles. The molecule has 1 saturated heterocycles. The van der Waals surface area contributed by atoms with Crippen molar-refractivity contribution in [3.05, 3.63) is 78.5 Å². The van der Waals surface area contributed by atoms with Crippen LogP contribution in [0.3, 0.4) is 0 Å². The lowest BCUT2D eigenvalue weighted by atomic mass is 9.99. The third-order valence-corrected chi connectivity index (χ3v) is 7.65. The summed E-state index contributed by atoms with van der Waals surface area (Å²) in [4.78, 5) is 19.6. The molecular formula is C31H29FN8. The largest absolute Gasteiger partial charge is 0.397 e. The van der Waals surface area contributed by atoms with Crippen molar-refractivity contribution in [2.45, 2.75) is 25.7 Å². The van der Waals surface area contributed by atoms with E-state index in [9.17, 15) is 4.39 Å². The molecule has 0 aliphatic carbocycles. The highest BCUT2D eigenvalue weighted by Crippen LogP contribution is 2.33. The standard InChI is InChI=1S/C31H29FN8/c32-22-12-19(5-4-10-40-8-1-2-9-40)11-20(13-22)24-6-3-7-26-29(24)37-31(36-26)30-25-15-27(35-18-28(25)38-39-30)21-14-23(33)17-34-16-21/h3,6-7,11-18H,1-2,4-5,8-10,33H2,(H,36,37)(H,38,39). The molecule has 8 nitrogen and oxygen atoms in total. The van der Waals surface area contributed by atoms with Crippen LogP contribution in [0.25, 0.3) is 55.8 Å². The Morgan fingerprint density at radius 3 is 2.73 bits per heavy atom. The number of imidazole rings is 1. The quantitative estimate of drug-likeness (QED) is 0.233. The van der Waals surface area contributed by atoms with E-state index in [0.29, 0.717) is 17.2 Å². The highest BCUT2D eigenvalue weighted by atomic mass is 19.1. The third-order valence-electron chi connectivity index (χ3n) is 7.65. The van der Waals surface area contributed by atoms with Crippen molar-refractivity contribution < 1.29 is 4.39 Å². The lowest BCUT2D eigenvalue weighted by molar-refractivity contribution is 0.334. The summed E-state index contributed by atoms with van der Waals surface area (Å²) in [6.45, 7) is 3.42. The van der Waals surface area contributed by atoms with E-state index in [4.69, 9.17) is 10.7 Å². The molecule has 0 bridgehead atoms. The first-order valence-electron chi connectivity index (χ1n) is 13.7. The fourth-order valence-electron chi connectivity index (χ4n) is 5.69. The van der Waals surface area contributed by atoms with Gasteiger partial charge in [-0.05, 0) is 86.8 Å². The number of hydrogen-bond acceptors (Lipinski definition) is 6. The number of aryl methyl sites for hydroxylation is 1. The molecule has 200 valence electrons. The molecule has 6 aromatic rings. The van der Waals surface area contributed by atoms with Gasteiger partial charge in [0, 0.05) is 28.9 Å². The number of H-pyrrole nitrogens is 2. The van der Waals surface area contributed by atoms with Crippen molar-refractivity contribution in [1.82, 2.24) is 35.0 Å². The van der Waals surface area contributed by atoms with Crippen LogP contribution in [-0.2, 0) is 6.42 Å². The molecule has 0 atom stereocenters. The Balaban J connectivity index is 1.23. The van der Waals surface area contributed by atoms with Crippen molar-refractivity contribution in [3.63, 3.8) is 0 Å². The van der Waals surface area contributed by atoms with Crippen LogP contribution in [0.2, 0.25) is 0 Å². The minimum Gasteiger partial charge on any atom is -0.397 e. The molecule has 2 aromatic carbocycles. The molecular weight excluding hydrogens is 503 g/mol. The van der Waals surface area contributed by atoms with Gasteiger partial charge in [-0.3, -0.25) is 15.1 Å². The van der Waals surface area contributed by atoms with Crippen LogP contribution >= 0.6 is 0 Å². The molecule has 0 radical (unpaired) electrons. The van der Waals surface area contributed by atoms with Crippen LogP contribution in [0.15, 0.2) is 67.1 Å². The van der Waals surface area contributed by atoms with Gasteiger partial charge in [-0.2, -0.15) is 5.10 Å². The second kappa shape index (κ2) is 10.2. The van der Waals surface area contributed by atoms with Gasteiger partial charge in [-0.25, -0.2) is 9.37 Å². The second-order valence-electron chi connectivity index (χ2n) is 10.5. The van der Waals surface area contributed by atoms with E-state index >= 15 is 0 Å². The molecule has 1 aliphatic rings. The zero-order valence-electron chi connectivity index (χ0n) is 22.0. The van der Waals surface area contributed by atoms with Crippen molar-refractivity contribution in [2.75, 3.05) is 25.4 Å². The lowest BCUT2D eigenvalue weighted by Crippen LogP contribution is -2.20. The van der Waals surface area contributed by atoms with Gasteiger partial charge >= 0.3 is 0 Å². The van der Waals surface area contributed by atoms with E-state index < -0.39 is 0 Å². The number of rotatable bonds is 7. The van der Waals surface area contributed by atoms with Gasteiger partial charge in [0.1, 0.15) is 11.5 Å². The summed E-state index contributed by atoms with van der Waals surface area (Å²) in [7, 11) is 0. The van der Waals surface area contributed by atoms with Crippen LogP contribution in [-0.4, -0.2) is 54.7 Å². The summed E-state index contributed by atoms with van der Waals surface area (Å²) >= 11 is 0. The average Bonchev–Trinajstić information content (AvgIpc) is 3.72. The Bertz CT molecular complexity index is 1830. The summed E-state index contributed by atoms with van der Waals surface area (Å²) in [5.74, 6) is 0.398. The van der Waals surface area contributed by atoms with Crippen LogP contribution < -0.4 is 5.73 Å². The summed E-state index contributed by atoms with van der Waals surface area (Å²) in [6, 6.07) is 15.1. The van der Waals surface area contributed by atoms with Crippen molar-refractivity contribution in [1.29, 1.82) is 0 Å². The zero-order chi connectivity index (χ0) is 27.1. The maximum absolute atomic E-state index is 14.8. The van der Waals surface area contributed by atoms with Gasteiger partial charge in [-0.15, -0.1) is 0 Å². The highest BCUT2D eigenvalue weighted by molar-refractivity contribution is 5.97. The van der Waals surface area contributed by atoms with E-state index in [1.165, 1.54) is 25.9 Å². The first-order chi connectivity index (χ1) is 19.6. The number of hydrogen-bond donors (Lipinski definition) is 3. The molecule has 7 rings (SSSR count).